The van der Waals surface area contributed by atoms with Gasteiger partial charge in [-0.25, -0.2) is 12.8 Å². The Morgan fingerprint density at radius 1 is 0.800 bits per heavy atom. The lowest BCUT2D eigenvalue weighted by atomic mass is 10.0. The van der Waals surface area contributed by atoms with Gasteiger partial charge in [0.15, 0.2) is 0 Å². The number of nitrogens with one attached hydrogen (secondary N) is 1. The summed E-state index contributed by atoms with van der Waals surface area (Å²) in [6.07, 6.45) is 0.150. The molecule has 0 bridgehead atoms. The Morgan fingerprint density at radius 2 is 1.35 bits per heavy atom. The fourth-order valence-corrected chi connectivity index (χ4v) is 5.81. The van der Waals surface area contributed by atoms with Gasteiger partial charge in [-0.05, 0) is 35.9 Å². The van der Waals surface area contributed by atoms with Gasteiger partial charge in [0.2, 0.25) is 11.8 Å². The highest BCUT2D eigenvalue weighted by molar-refractivity contribution is 7.92. The number of sulfonamides is 1. The van der Waals surface area contributed by atoms with Gasteiger partial charge in [0.1, 0.15) is 18.4 Å². The zero-order chi connectivity index (χ0) is 28.5. The number of anilines is 1. The number of rotatable bonds is 11. The van der Waals surface area contributed by atoms with Crippen LogP contribution in [0.4, 0.5) is 10.1 Å². The zero-order valence-electron chi connectivity index (χ0n) is 22.0. The lowest BCUT2D eigenvalue weighted by Crippen LogP contribution is -2.53. The maximum atomic E-state index is 14.8. The maximum Gasteiger partial charge on any atom is 0.264 e. The van der Waals surface area contributed by atoms with Crippen LogP contribution in [0.2, 0.25) is 0 Å². The van der Waals surface area contributed by atoms with E-state index >= 15 is 0 Å². The molecule has 40 heavy (non-hydrogen) atoms. The topological polar surface area (TPSA) is 86.8 Å². The van der Waals surface area contributed by atoms with Crippen molar-refractivity contribution in [1.82, 2.24) is 10.2 Å². The van der Waals surface area contributed by atoms with Crippen LogP contribution >= 0.6 is 0 Å². The second-order valence-corrected chi connectivity index (χ2v) is 11.0. The molecule has 9 heteroatoms. The fraction of sp³-hybridized carbons (Fsp3) is 0.161. The Hall–Kier alpha value is -4.50. The molecule has 0 aliphatic rings. The first kappa shape index (κ1) is 28.5. The molecule has 1 N–H and O–H groups in total. The summed E-state index contributed by atoms with van der Waals surface area (Å²) in [6, 6.07) is 30.2. The van der Waals surface area contributed by atoms with E-state index in [-0.39, 0.29) is 29.1 Å². The Balaban J connectivity index is 1.77. The minimum atomic E-state index is -4.16. The van der Waals surface area contributed by atoms with Gasteiger partial charge in [-0.2, -0.15) is 0 Å². The number of carbonyl (C=O) groups excluding carboxylic acids is 2. The summed E-state index contributed by atoms with van der Waals surface area (Å²) in [5.74, 6) is -1.64. The van der Waals surface area contributed by atoms with Gasteiger partial charge in [-0.1, -0.05) is 84.9 Å². The Morgan fingerprint density at radius 3 is 1.95 bits per heavy atom. The Kier molecular flexibility index (Phi) is 9.29. The Bertz CT molecular complexity index is 1530. The molecule has 4 rings (SSSR count). The van der Waals surface area contributed by atoms with Crippen LogP contribution in [0.3, 0.4) is 0 Å². The molecule has 0 aliphatic carbocycles. The molecule has 0 spiro atoms. The normalized spacial score (nSPS) is 11.8. The van der Waals surface area contributed by atoms with E-state index in [9.17, 15) is 22.4 Å². The molecule has 0 radical (unpaired) electrons. The summed E-state index contributed by atoms with van der Waals surface area (Å²) in [5, 5.41) is 2.60. The number of carbonyl (C=O) groups is 2. The van der Waals surface area contributed by atoms with Crippen LogP contribution in [0.25, 0.3) is 0 Å². The van der Waals surface area contributed by atoms with E-state index in [1.165, 1.54) is 42.3 Å². The van der Waals surface area contributed by atoms with Crippen LogP contribution in [0.15, 0.2) is 120 Å². The highest BCUT2D eigenvalue weighted by Crippen LogP contribution is 2.25. The molecular weight excluding hydrogens is 529 g/mol. The van der Waals surface area contributed by atoms with Crippen molar-refractivity contribution in [2.75, 3.05) is 17.9 Å². The van der Waals surface area contributed by atoms with Crippen LogP contribution < -0.4 is 9.62 Å². The lowest BCUT2D eigenvalue weighted by Gasteiger charge is -2.33. The molecule has 0 aromatic heterocycles. The van der Waals surface area contributed by atoms with Crippen molar-refractivity contribution in [1.29, 1.82) is 0 Å². The number of para-hydroxylation sites is 1. The molecule has 1 atom stereocenters. The zero-order valence-corrected chi connectivity index (χ0v) is 22.8. The molecule has 0 fully saturated rings. The van der Waals surface area contributed by atoms with Crippen molar-refractivity contribution in [3.05, 3.63) is 132 Å². The van der Waals surface area contributed by atoms with Gasteiger partial charge in [0.25, 0.3) is 10.0 Å². The molecule has 7 nitrogen and oxygen atoms in total. The first-order valence-electron chi connectivity index (χ1n) is 12.7. The van der Waals surface area contributed by atoms with Crippen LogP contribution in [0.1, 0.15) is 11.1 Å². The molecule has 0 saturated heterocycles. The number of nitrogens with zero attached hydrogens (tertiary/aromatic N) is 2. The summed E-state index contributed by atoms with van der Waals surface area (Å²) in [4.78, 5) is 28.5. The van der Waals surface area contributed by atoms with E-state index in [4.69, 9.17) is 0 Å². The summed E-state index contributed by atoms with van der Waals surface area (Å²) in [6.45, 7) is -0.831. The predicted octanol–water partition coefficient (Wildman–Crippen LogP) is 4.41. The molecule has 206 valence electrons. The largest absolute Gasteiger partial charge is 0.357 e. The van der Waals surface area contributed by atoms with Crippen LogP contribution in [0, 0.1) is 5.82 Å². The van der Waals surface area contributed by atoms with Crippen molar-refractivity contribution in [2.45, 2.75) is 23.9 Å². The SMILES string of the molecule is CNC(=O)[C@H](Cc1ccccc1)N(Cc1ccccc1F)C(=O)CN(c1ccccc1)S(=O)(=O)c1ccccc1. The standard InChI is InChI=1S/C31H30FN3O4S/c1-33-31(37)29(21-24-13-5-2-6-14-24)34(22-25-15-11-12-20-28(25)32)30(36)23-35(26-16-7-3-8-17-26)40(38,39)27-18-9-4-10-19-27/h2-20,29H,21-23H2,1H3,(H,33,37)/t29-/m0/s1. The summed E-state index contributed by atoms with van der Waals surface area (Å²) >= 11 is 0. The third kappa shape index (κ3) is 6.73. The number of benzene rings is 4. The van der Waals surface area contributed by atoms with Crippen molar-refractivity contribution in [3.63, 3.8) is 0 Å². The third-order valence-corrected chi connectivity index (χ3v) is 8.26. The van der Waals surface area contributed by atoms with Gasteiger partial charge < -0.3 is 10.2 Å². The molecule has 4 aromatic carbocycles. The molecular formula is C31H30FN3O4S. The van der Waals surface area contributed by atoms with E-state index in [2.05, 4.69) is 5.32 Å². The average Bonchev–Trinajstić information content (AvgIpc) is 2.99. The molecule has 2 amide bonds. The molecule has 0 unspecified atom stereocenters. The van der Waals surface area contributed by atoms with E-state index in [1.807, 2.05) is 30.3 Å². The number of amides is 2. The number of hydrogen-bond donors (Lipinski definition) is 1. The Labute approximate surface area is 233 Å². The molecule has 0 heterocycles. The van der Waals surface area contributed by atoms with Crippen LogP contribution in [0.5, 0.6) is 0 Å². The van der Waals surface area contributed by atoms with Gasteiger partial charge in [-0.3, -0.25) is 13.9 Å². The second-order valence-electron chi connectivity index (χ2n) is 9.09. The van der Waals surface area contributed by atoms with E-state index in [0.29, 0.717) is 0 Å². The second kappa shape index (κ2) is 13.0. The fourth-order valence-electron chi connectivity index (χ4n) is 4.37. The quantitative estimate of drug-likeness (QED) is 0.295. The third-order valence-electron chi connectivity index (χ3n) is 6.47. The van der Waals surface area contributed by atoms with Gasteiger partial charge in [0.05, 0.1) is 10.6 Å². The highest BCUT2D eigenvalue weighted by Gasteiger charge is 2.34. The van der Waals surface area contributed by atoms with Crippen LogP contribution in [-0.2, 0) is 32.6 Å². The summed E-state index contributed by atoms with van der Waals surface area (Å²) < 4.78 is 43.3. The van der Waals surface area contributed by atoms with Gasteiger partial charge >= 0.3 is 0 Å². The van der Waals surface area contributed by atoms with E-state index in [1.54, 1.807) is 54.6 Å². The van der Waals surface area contributed by atoms with Gasteiger partial charge in [-0.15, -0.1) is 0 Å². The maximum absolute atomic E-state index is 14.8. The monoisotopic (exact) mass is 559 g/mol. The smallest absolute Gasteiger partial charge is 0.264 e. The number of hydrogen-bond acceptors (Lipinski definition) is 4. The minimum Gasteiger partial charge on any atom is -0.357 e. The molecule has 0 saturated carbocycles. The van der Waals surface area contributed by atoms with Crippen molar-refractivity contribution < 1.29 is 22.4 Å². The van der Waals surface area contributed by atoms with E-state index < -0.39 is 40.2 Å². The van der Waals surface area contributed by atoms with Crippen molar-refractivity contribution in [2.24, 2.45) is 0 Å². The predicted molar refractivity (Wildman–Crippen MR) is 152 cm³/mol. The minimum absolute atomic E-state index is 0.0134. The highest BCUT2D eigenvalue weighted by atomic mass is 32.2. The van der Waals surface area contributed by atoms with Gasteiger partial charge in [0, 0.05) is 25.6 Å². The summed E-state index contributed by atoms with van der Waals surface area (Å²) in [5.41, 5.74) is 1.28. The number of halogens is 1. The van der Waals surface area contributed by atoms with Crippen molar-refractivity contribution in [3.8, 4) is 0 Å². The first-order chi connectivity index (χ1) is 19.3. The van der Waals surface area contributed by atoms with Crippen molar-refractivity contribution >= 4 is 27.5 Å². The summed E-state index contributed by atoms with van der Waals surface area (Å²) in [7, 11) is -2.70. The molecule has 0 aliphatic heterocycles. The molecule has 4 aromatic rings. The lowest BCUT2D eigenvalue weighted by molar-refractivity contribution is -0.139. The van der Waals surface area contributed by atoms with Crippen LogP contribution in [-0.4, -0.2) is 44.8 Å². The number of likely N-dealkylation sites (N-methyl/N-ethyl adjacent to an activating group) is 1. The first-order valence-corrected chi connectivity index (χ1v) is 14.2. The van der Waals surface area contributed by atoms with E-state index in [0.717, 1.165) is 9.87 Å². The average molecular weight is 560 g/mol.